The van der Waals surface area contributed by atoms with E-state index in [0.717, 1.165) is 0 Å². The summed E-state index contributed by atoms with van der Waals surface area (Å²) in [6.45, 7) is 1.67. The predicted octanol–water partition coefficient (Wildman–Crippen LogP) is 2.28. The van der Waals surface area contributed by atoms with Crippen LogP contribution in [0.2, 0.25) is 0 Å². The summed E-state index contributed by atoms with van der Waals surface area (Å²) in [5, 5.41) is 11.8. The Bertz CT molecular complexity index is 644. The number of benzene rings is 1. The molecule has 0 aliphatic rings. The Labute approximate surface area is 110 Å². The van der Waals surface area contributed by atoms with Crippen molar-refractivity contribution in [2.75, 3.05) is 5.32 Å². The highest BCUT2D eigenvalue weighted by atomic mass is 16.4. The minimum Gasteiger partial charge on any atom is -0.478 e. The molecule has 1 amide bonds. The molecule has 0 atom stereocenters. The lowest BCUT2D eigenvalue weighted by Gasteiger charge is -2.10. The Morgan fingerprint density at radius 1 is 1.21 bits per heavy atom. The summed E-state index contributed by atoms with van der Waals surface area (Å²) >= 11 is 0. The number of anilines is 1. The average Bonchev–Trinajstić information content (AvgIpc) is 2.77. The Morgan fingerprint density at radius 2 is 1.95 bits per heavy atom. The van der Waals surface area contributed by atoms with Crippen molar-refractivity contribution in [3.8, 4) is 0 Å². The first-order valence-electron chi connectivity index (χ1n) is 5.76. The van der Waals surface area contributed by atoms with Crippen LogP contribution < -0.4 is 5.32 Å². The van der Waals surface area contributed by atoms with Gasteiger partial charge in [-0.05, 0) is 36.8 Å². The first kappa shape index (κ1) is 12.9. The van der Waals surface area contributed by atoms with E-state index in [2.05, 4.69) is 5.32 Å². The van der Waals surface area contributed by atoms with Crippen LogP contribution in [0.5, 0.6) is 0 Å². The maximum atomic E-state index is 12.1. The van der Waals surface area contributed by atoms with E-state index in [-0.39, 0.29) is 11.5 Å². The fraction of sp³-hybridized carbons (Fsp3) is 0.143. The van der Waals surface area contributed by atoms with E-state index in [9.17, 15) is 9.59 Å². The van der Waals surface area contributed by atoms with Gasteiger partial charge in [-0.2, -0.15) is 0 Å². The number of carbonyl (C=O) groups is 2. The molecule has 5 heteroatoms. The molecule has 0 aliphatic carbocycles. The second kappa shape index (κ2) is 4.97. The minimum absolute atomic E-state index is 0.185. The zero-order valence-corrected chi connectivity index (χ0v) is 10.7. The van der Waals surface area contributed by atoms with E-state index in [1.54, 1.807) is 49.0 Å². The van der Waals surface area contributed by atoms with Gasteiger partial charge in [0.05, 0.1) is 5.56 Å². The van der Waals surface area contributed by atoms with Crippen LogP contribution in [-0.4, -0.2) is 21.6 Å². The lowest BCUT2D eigenvalue weighted by atomic mass is 10.1. The van der Waals surface area contributed by atoms with Crippen LogP contribution in [-0.2, 0) is 7.05 Å². The third-order valence-electron chi connectivity index (χ3n) is 2.99. The third-order valence-corrected chi connectivity index (χ3v) is 2.99. The number of hydrogen-bond acceptors (Lipinski definition) is 2. The molecule has 1 aromatic carbocycles. The van der Waals surface area contributed by atoms with Crippen molar-refractivity contribution in [1.82, 2.24) is 4.57 Å². The molecule has 98 valence electrons. The number of carbonyl (C=O) groups excluding carboxylic acids is 1. The topological polar surface area (TPSA) is 71.3 Å². The largest absolute Gasteiger partial charge is 0.478 e. The minimum atomic E-state index is -1.01. The van der Waals surface area contributed by atoms with E-state index >= 15 is 0 Å². The van der Waals surface area contributed by atoms with Crippen molar-refractivity contribution in [1.29, 1.82) is 0 Å². The molecule has 0 aliphatic heterocycles. The summed E-state index contributed by atoms with van der Waals surface area (Å²) in [4.78, 5) is 23.1. The van der Waals surface area contributed by atoms with Gasteiger partial charge in [-0.3, -0.25) is 4.79 Å². The van der Waals surface area contributed by atoms with Crippen molar-refractivity contribution in [3.63, 3.8) is 0 Å². The molecule has 19 heavy (non-hydrogen) atoms. The van der Waals surface area contributed by atoms with Crippen molar-refractivity contribution < 1.29 is 14.7 Å². The lowest BCUT2D eigenvalue weighted by Crippen LogP contribution is -2.16. The van der Waals surface area contributed by atoms with Gasteiger partial charge < -0.3 is 15.0 Å². The number of hydrogen-bond donors (Lipinski definition) is 2. The van der Waals surface area contributed by atoms with Crippen molar-refractivity contribution in [2.45, 2.75) is 6.92 Å². The number of rotatable bonds is 3. The molecule has 1 heterocycles. The zero-order chi connectivity index (χ0) is 14.0. The molecule has 0 saturated carbocycles. The van der Waals surface area contributed by atoms with Crippen LogP contribution in [0.4, 0.5) is 5.69 Å². The molecule has 0 saturated heterocycles. The van der Waals surface area contributed by atoms with Gasteiger partial charge in [-0.1, -0.05) is 6.07 Å². The highest BCUT2D eigenvalue weighted by Crippen LogP contribution is 2.19. The fourth-order valence-corrected chi connectivity index (χ4v) is 1.89. The summed E-state index contributed by atoms with van der Waals surface area (Å²) in [6, 6.07) is 8.27. The SMILES string of the molecule is Cc1c(NC(=O)c2cccn2C)cccc1C(=O)O. The van der Waals surface area contributed by atoms with Gasteiger partial charge >= 0.3 is 5.97 Å². The smallest absolute Gasteiger partial charge is 0.336 e. The number of carboxylic acids is 1. The Morgan fingerprint density at radius 3 is 2.53 bits per heavy atom. The molecule has 0 radical (unpaired) electrons. The highest BCUT2D eigenvalue weighted by molar-refractivity contribution is 6.04. The molecular weight excluding hydrogens is 244 g/mol. The summed E-state index contributed by atoms with van der Waals surface area (Å²) in [5.41, 5.74) is 1.74. The van der Waals surface area contributed by atoms with Crippen LogP contribution >= 0.6 is 0 Å². The molecule has 5 nitrogen and oxygen atoms in total. The number of aromatic nitrogens is 1. The van der Waals surface area contributed by atoms with Crippen LogP contribution in [0.25, 0.3) is 0 Å². The molecule has 0 unspecified atom stereocenters. The summed E-state index contributed by atoms with van der Waals surface area (Å²) in [7, 11) is 1.77. The lowest BCUT2D eigenvalue weighted by molar-refractivity contribution is 0.0695. The number of nitrogens with zero attached hydrogens (tertiary/aromatic N) is 1. The molecule has 1 aromatic heterocycles. The Balaban J connectivity index is 2.30. The van der Waals surface area contributed by atoms with Gasteiger partial charge in [0.1, 0.15) is 5.69 Å². The van der Waals surface area contributed by atoms with E-state index in [4.69, 9.17) is 5.11 Å². The molecule has 0 spiro atoms. The molecule has 2 N–H and O–H groups in total. The van der Waals surface area contributed by atoms with Crippen LogP contribution in [0.3, 0.4) is 0 Å². The molecule has 2 aromatic rings. The maximum Gasteiger partial charge on any atom is 0.336 e. The maximum absolute atomic E-state index is 12.1. The Kier molecular flexibility index (Phi) is 3.37. The number of carboxylic acid groups (broad SMARTS) is 1. The van der Waals surface area contributed by atoms with Crippen LogP contribution in [0.15, 0.2) is 36.5 Å². The summed E-state index contributed by atoms with van der Waals surface area (Å²) in [6.07, 6.45) is 1.77. The predicted molar refractivity (Wildman–Crippen MR) is 71.5 cm³/mol. The number of aryl methyl sites for hydroxylation is 1. The monoisotopic (exact) mass is 258 g/mol. The molecule has 2 rings (SSSR count). The van der Waals surface area contributed by atoms with E-state index in [1.807, 2.05) is 0 Å². The fourth-order valence-electron chi connectivity index (χ4n) is 1.89. The first-order chi connectivity index (χ1) is 9.00. The highest BCUT2D eigenvalue weighted by Gasteiger charge is 2.14. The molecule has 0 fully saturated rings. The zero-order valence-electron chi connectivity index (χ0n) is 10.7. The summed E-state index contributed by atoms with van der Waals surface area (Å²) in [5.74, 6) is -1.27. The second-order valence-corrected chi connectivity index (χ2v) is 4.24. The number of nitrogens with one attached hydrogen (secondary N) is 1. The van der Waals surface area contributed by atoms with Crippen molar-refractivity contribution >= 4 is 17.6 Å². The average molecular weight is 258 g/mol. The van der Waals surface area contributed by atoms with Gasteiger partial charge in [0.25, 0.3) is 5.91 Å². The van der Waals surface area contributed by atoms with Crippen LogP contribution in [0, 0.1) is 6.92 Å². The van der Waals surface area contributed by atoms with Gasteiger partial charge in [-0.25, -0.2) is 4.79 Å². The second-order valence-electron chi connectivity index (χ2n) is 4.24. The van der Waals surface area contributed by atoms with Crippen molar-refractivity contribution in [2.24, 2.45) is 7.05 Å². The Hall–Kier alpha value is -2.56. The molecular formula is C14H14N2O3. The van der Waals surface area contributed by atoms with E-state index in [1.165, 1.54) is 6.07 Å². The van der Waals surface area contributed by atoms with Gasteiger partial charge in [0.15, 0.2) is 0 Å². The van der Waals surface area contributed by atoms with E-state index in [0.29, 0.717) is 16.9 Å². The number of amides is 1. The quantitative estimate of drug-likeness (QED) is 0.887. The van der Waals surface area contributed by atoms with Crippen LogP contribution in [0.1, 0.15) is 26.4 Å². The van der Waals surface area contributed by atoms with E-state index < -0.39 is 5.97 Å². The normalized spacial score (nSPS) is 10.2. The van der Waals surface area contributed by atoms with Crippen molar-refractivity contribution in [3.05, 3.63) is 53.3 Å². The van der Waals surface area contributed by atoms with Gasteiger partial charge in [0.2, 0.25) is 0 Å². The standard InChI is InChI=1S/C14H14N2O3/c1-9-10(14(18)19)5-3-6-11(9)15-13(17)12-7-4-8-16(12)2/h3-8H,1-2H3,(H,15,17)(H,18,19). The number of aromatic carboxylic acids is 1. The molecule has 0 bridgehead atoms. The summed E-state index contributed by atoms with van der Waals surface area (Å²) < 4.78 is 1.70. The first-order valence-corrected chi connectivity index (χ1v) is 5.76. The third kappa shape index (κ3) is 2.49. The van der Waals surface area contributed by atoms with Gasteiger partial charge in [0, 0.05) is 18.9 Å². The van der Waals surface area contributed by atoms with Gasteiger partial charge in [-0.15, -0.1) is 0 Å².